The van der Waals surface area contributed by atoms with Gasteiger partial charge in [-0.15, -0.1) is 0 Å². The SMILES string of the molecule is CC(C)[C@H]1COC(=O)N1c1ccnc(N[C@@H](C)c2ccc(OC3CCOCC3)cc2)n1. The predicted octanol–water partition coefficient (Wildman–Crippen LogP) is 4.19. The molecule has 3 heterocycles. The van der Waals surface area contributed by atoms with Crippen molar-refractivity contribution in [3.05, 3.63) is 42.1 Å². The van der Waals surface area contributed by atoms with E-state index in [1.807, 2.05) is 31.2 Å². The highest BCUT2D eigenvalue weighted by atomic mass is 16.6. The van der Waals surface area contributed by atoms with Crippen molar-refractivity contribution in [2.75, 3.05) is 30.0 Å². The first-order valence-corrected chi connectivity index (χ1v) is 10.9. The topological polar surface area (TPSA) is 85.8 Å². The zero-order valence-electron chi connectivity index (χ0n) is 18.3. The molecule has 2 atom stereocenters. The molecule has 0 saturated carbocycles. The van der Waals surface area contributed by atoms with E-state index < -0.39 is 0 Å². The van der Waals surface area contributed by atoms with Gasteiger partial charge in [-0.25, -0.2) is 9.78 Å². The fourth-order valence-electron chi connectivity index (χ4n) is 3.84. The number of cyclic esters (lactones) is 1. The van der Waals surface area contributed by atoms with Gasteiger partial charge in [0.05, 0.1) is 25.3 Å². The minimum absolute atomic E-state index is 0.0150. The van der Waals surface area contributed by atoms with Gasteiger partial charge < -0.3 is 19.5 Å². The Balaban J connectivity index is 1.41. The highest BCUT2D eigenvalue weighted by molar-refractivity contribution is 5.89. The van der Waals surface area contributed by atoms with E-state index >= 15 is 0 Å². The van der Waals surface area contributed by atoms with Crippen molar-refractivity contribution < 1.29 is 19.0 Å². The van der Waals surface area contributed by atoms with Crippen molar-refractivity contribution in [3.8, 4) is 5.75 Å². The van der Waals surface area contributed by atoms with Crippen molar-refractivity contribution in [1.82, 2.24) is 9.97 Å². The number of nitrogens with one attached hydrogen (secondary N) is 1. The number of amides is 1. The number of hydrogen-bond donors (Lipinski definition) is 1. The molecule has 0 unspecified atom stereocenters. The third-order valence-corrected chi connectivity index (χ3v) is 5.76. The van der Waals surface area contributed by atoms with Crippen LogP contribution in [0.15, 0.2) is 36.5 Å². The molecule has 0 spiro atoms. The van der Waals surface area contributed by atoms with Crippen LogP contribution in [0, 0.1) is 5.92 Å². The first-order valence-electron chi connectivity index (χ1n) is 10.9. The van der Waals surface area contributed by atoms with E-state index in [2.05, 4.69) is 29.1 Å². The summed E-state index contributed by atoms with van der Waals surface area (Å²) in [5, 5.41) is 3.32. The van der Waals surface area contributed by atoms with Gasteiger partial charge in [0.15, 0.2) is 0 Å². The summed E-state index contributed by atoms with van der Waals surface area (Å²) < 4.78 is 16.7. The molecule has 0 aliphatic carbocycles. The second-order valence-corrected chi connectivity index (χ2v) is 8.36. The fourth-order valence-corrected chi connectivity index (χ4v) is 3.84. The van der Waals surface area contributed by atoms with E-state index in [1.165, 1.54) is 0 Å². The van der Waals surface area contributed by atoms with Crippen LogP contribution in [0.5, 0.6) is 5.75 Å². The van der Waals surface area contributed by atoms with Crippen LogP contribution in [0.1, 0.15) is 45.2 Å². The maximum Gasteiger partial charge on any atom is 0.415 e. The number of hydrogen-bond acceptors (Lipinski definition) is 7. The maximum absolute atomic E-state index is 12.2. The lowest BCUT2D eigenvalue weighted by Gasteiger charge is -2.24. The van der Waals surface area contributed by atoms with Crippen LogP contribution in [0.3, 0.4) is 0 Å². The van der Waals surface area contributed by atoms with Crippen molar-refractivity contribution in [2.45, 2.75) is 51.8 Å². The molecule has 0 radical (unpaired) electrons. The summed E-state index contributed by atoms with van der Waals surface area (Å²) in [5.41, 5.74) is 1.09. The number of nitrogens with zero attached hydrogens (tertiary/aromatic N) is 3. The first-order chi connectivity index (χ1) is 15.0. The Morgan fingerprint density at radius 2 is 1.87 bits per heavy atom. The molecule has 31 heavy (non-hydrogen) atoms. The van der Waals surface area contributed by atoms with Gasteiger partial charge in [-0.1, -0.05) is 26.0 Å². The van der Waals surface area contributed by atoms with Crippen molar-refractivity contribution >= 4 is 17.9 Å². The lowest BCUT2D eigenvalue weighted by molar-refractivity contribution is 0.0255. The van der Waals surface area contributed by atoms with Crippen LogP contribution in [0.2, 0.25) is 0 Å². The minimum atomic E-state index is -0.364. The zero-order valence-corrected chi connectivity index (χ0v) is 18.3. The molecule has 4 rings (SSSR count). The molecule has 8 heteroatoms. The van der Waals surface area contributed by atoms with Crippen molar-refractivity contribution in [1.29, 1.82) is 0 Å². The number of ether oxygens (including phenoxy) is 3. The average molecular weight is 427 g/mol. The first kappa shape index (κ1) is 21.4. The van der Waals surface area contributed by atoms with E-state index in [0.29, 0.717) is 18.4 Å². The van der Waals surface area contributed by atoms with E-state index in [0.717, 1.165) is 37.4 Å². The normalized spacial score (nSPS) is 20.6. The van der Waals surface area contributed by atoms with Gasteiger partial charge in [0.2, 0.25) is 5.95 Å². The average Bonchev–Trinajstić information content (AvgIpc) is 3.17. The summed E-state index contributed by atoms with van der Waals surface area (Å²) in [5.74, 6) is 2.15. The smallest absolute Gasteiger partial charge is 0.415 e. The van der Waals surface area contributed by atoms with Crippen molar-refractivity contribution in [2.24, 2.45) is 5.92 Å². The number of benzene rings is 1. The summed E-state index contributed by atoms with van der Waals surface area (Å²) in [6.07, 6.45) is 3.37. The lowest BCUT2D eigenvalue weighted by Crippen LogP contribution is -2.37. The van der Waals surface area contributed by atoms with Crippen LogP contribution >= 0.6 is 0 Å². The highest BCUT2D eigenvalue weighted by Gasteiger charge is 2.37. The molecule has 1 aromatic heterocycles. The Labute approximate surface area is 182 Å². The number of aromatic nitrogens is 2. The van der Waals surface area contributed by atoms with Gasteiger partial charge in [-0.3, -0.25) is 4.90 Å². The Morgan fingerprint density at radius 1 is 1.13 bits per heavy atom. The van der Waals surface area contributed by atoms with Crippen LogP contribution in [-0.2, 0) is 9.47 Å². The molecule has 0 bridgehead atoms. The summed E-state index contributed by atoms with van der Waals surface area (Å²) >= 11 is 0. The number of carbonyl (C=O) groups is 1. The largest absolute Gasteiger partial charge is 0.490 e. The molecule has 1 aromatic carbocycles. The van der Waals surface area contributed by atoms with Crippen LogP contribution in [0.25, 0.3) is 0 Å². The summed E-state index contributed by atoms with van der Waals surface area (Å²) in [6, 6.07) is 9.77. The molecule has 166 valence electrons. The molecular formula is C23H30N4O4. The van der Waals surface area contributed by atoms with Crippen LogP contribution < -0.4 is 15.0 Å². The quantitative estimate of drug-likeness (QED) is 0.710. The summed E-state index contributed by atoms with van der Waals surface area (Å²) in [4.78, 5) is 22.7. The molecule has 2 fully saturated rings. The van der Waals surface area contributed by atoms with Crippen LogP contribution in [-0.4, -0.2) is 48.0 Å². The Morgan fingerprint density at radius 3 is 2.58 bits per heavy atom. The number of carbonyl (C=O) groups excluding carboxylic acids is 1. The molecule has 1 amide bonds. The van der Waals surface area contributed by atoms with E-state index in [1.54, 1.807) is 17.2 Å². The highest BCUT2D eigenvalue weighted by Crippen LogP contribution is 2.27. The van der Waals surface area contributed by atoms with Gasteiger partial charge >= 0.3 is 6.09 Å². The number of anilines is 2. The summed E-state index contributed by atoms with van der Waals surface area (Å²) in [7, 11) is 0. The molecule has 2 aliphatic rings. The Hall–Kier alpha value is -2.87. The standard InChI is InChI=1S/C23H30N4O4/c1-15(2)20-14-30-23(28)27(20)21-8-11-24-22(26-21)25-16(3)17-4-6-18(7-5-17)31-19-9-12-29-13-10-19/h4-8,11,15-16,19-20H,9-10,12-14H2,1-3H3,(H,24,25,26)/t16-,20+/m0/s1. The van der Waals surface area contributed by atoms with E-state index in [9.17, 15) is 4.79 Å². The van der Waals surface area contributed by atoms with Crippen molar-refractivity contribution in [3.63, 3.8) is 0 Å². The third kappa shape index (κ3) is 5.07. The van der Waals surface area contributed by atoms with Gasteiger partial charge in [0.25, 0.3) is 0 Å². The zero-order chi connectivity index (χ0) is 21.8. The Bertz CT molecular complexity index is 883. The predicted molar refractivity (Wildman–Crippen MR) is 117 cm³/mol. The van der Waals surface area contributed by atoms with E-state index in [4.69, 9.17) is 14.2 Å². The second kappa shape index (κ2) is 9.51. The van der Waals surface area contributed by atoms with Gasteiger partial charge in [-0.05, 0) is 36.6 Å². The molecule has 2 saturated heterocycles. The third-order valence-electron chi connectivity index (χ3n) is 5.76. The second-order valence-electron chi connectivity index (χ2n) is 8.36. The summed E-state index contributed by atoms with van der Waals surface area (Å²) in [6.45, 7) is 8.08. The molecule has 2 aromatic rings. The molecule has 2 aliphatic heterocycles. The Kier molecular flexibility index (Phi) is 6.56. The van der Waals surface area contributed by atoms with Crippen LogP contribution in [0.4, 0.5) is 16.6 Å². The number of rotatable bonds is 7. The fraction of sp³-hybridized carbons (Fsp3) is 0.522. The van der Waals surface area contributed by atoms with Gasteiger partial charge in [0.1, 0.15) is 24.3 Å². The molecule has 8 nitrogen and oxygen atoms in total. The van der Waals surface area contributed by atoms with Gasteiger partial charge in [0, 0.05) is 19.0 Å². The maximum atomic E-state index is 12.2. The molecular weight excluding hydrogens is 396 g/mol. The molecule has 1 N–H and O–H groups in total. The van der Waals surface area contributed by atoms with Gasteiger partial charge in [-0.2, -0.15) is 4.98 Å². The lowest BCUT2D eigenvalue weighted by atomic mass is 10.0. The monoisotopic (exact) mass is 426 g/mol. The van der Waals surface area contributed by atoms with E-state index in [-0.39, 0.29) is 30.2 Å². The minimum Gasteiger partial charge on any atom is -0.490 e.